The Balaban J connectivity index is 0.000000560. The van der Waals surface area contributed by atoms with Gasteiger partial charge in [-0.1, -0.05) is 135 Å². The zero-order valence-corrected chi connectivity index (χ0v) is 32.0. The Bertz CT molecular complexity index is 796. The molecule has 2 rings (SSSR count). The molecule has 0 aromatic rings. The number of hydrogen-bond acceptors (Lipinski definition) is 11. The van der Waals surface area contributed by atoms with Crippen molar-refractivity contribution in [1.82, 2.24) is 10.4 Å². The molecular weight excluding hydrogens is 656 g/mol. The number of nitrogens with zero attached hydrogens (tertiary/aromatic N) is 1. The first-order valence-corrected chi connectivity index (χ1v) is 20.5. The topological polar surface area (TPSA) is 213 Å². The molecule has 0 saturated carbocycles. The summed E-state index contributed by atoms with van der Waals surface area (Å²) in [5.41, 5.74) is 2.02. The van der Waals surface area contributed by atoms with E-state index in [1.807, 2.05) is 5.43 Å². The first-order chi connectivity index (χ1) is 24.7. The number of carbonyl (C=O) groups is 1. The Kier molecular flexibility index (Phi) is 30.3. The summed E-state index contributed by atoms with van der Waals surface area (Å²) in [6.45, 7) is 4.48. The second-order valence-corrected chi connectivity index (χ2v) is 14.7. The number of aliphatic hydroxyl groups is 5. The molecule has 304 valence electrons. The summed E-state index contributed by atoms with van der Waals surface area (Å²) in [4.78, 5) is 11.0. The van der Waals surface area contributed by atoms with Crippen LogP contribution in [0.3, 0.4) is 0 Å². The van der Waals surface area contributed by atoms with Crippen LogP contribution in [0.15, 0.2) is 0 Å². The van der Waals surface area contributed by atoms with E-state index in [9.17, 15) is 30.3 Å². The number of amides is 2. The highest BCUT2D eigenvalue weighted by atomic mass is 16.7. The van der Waals surface area contributed by atoms with E-state index in [4.69, 9.17) is 25.9 Å². The molecule has 0 aromatic carbocycles. The lowest BCUT2D eigenvalue weighted by Crippen LogP contribution is -2.59. The van der Waals surface area contributed by atoms with Crippen LogP contribution in [-0.4, -0.2) is 106 Å². The highest BCUT2D eigenvalue weighted by Crippen LogP contribution is 2.23. The molecule has 51 heavy (non-hydrogen) atoms. The van der Waals surface area contributed by atoms with E-state index in [2.05, 4.69) is 6.92 Å². The van der Waals surface area contributed by atoms with Crippen LogP contribution >= 0.6 is 0 Å². The van der Waals surface area contributed by atoms with Crippen LogP contribution in [0.25, 0.3) is 0 Å². The molecule has 6 unspecified atom stereocenters. The van der Waals surface area contributed by atoms with Gasteiger partial charge in [0.25, 0.3) is 0 Å². The molecule has 2 aliphatic rings. The van der Waals surface area contributed by atoms with Crippen LogP contribution < -0.4 is 17.1 Å². The van der Waals surface area contributed by atoms with Gasteiger partial charge >= 0.3 is 6.03 Å². The van der Waals surface area contributed by atoms with Gasteiger partial charge in [0.2, 0.25) is 0 Å². The van der Waals surface area contributed by atoms with Crippen molar-refractivity contribution >= 4 is 6.03 Å². The molecule has 0 bridgehead atoms. The minimum atomic E-state index is -1.44. The number of urea groups is 1. The molecule has 2 heterocycles. The Hall–Kier alpha value is -1.13. The van der Waals surface area contributed by atoms with Gasteiger partial charge in [-0.15, -0.1) is 0 Å². The van der Waals surface area contributed by atoms with Gasteiger partial charge < -0.3 is 39.7 Å². The third-order valence-electron chi connectivity index (χ3n) is 10.1. The fourth-order valence-electron chi connectivity index (χ4n) is 6.48. The maximum atomic E-state index is 11.0. The van der Waals surface area contributed by atoms with Crippen molar-refractivity contribution in [1.29, 1.82) is 0 Å². The Morgan fingerprint density at radius 2 is 1.27 bits per heavy atom. The van der Waals surface area contributed by atoms with Gasteiger partial charge in [-0.3, -0.25) is 10.4 Å². The zero-order valence-electron chi connectivity index (χ0n) is 32.0. The average molecular weight is 735 g/mol. The van der Waals surface area contributed by atoms with Gasteiger partial charge in [-0.05, 0) is 25.7 Å². The Labute approximate surface area is 309 Å². The Morgan fingerprint density at radius 3 is 1.76 bits per heavy atom. The molecule has 0 aromatic heterocycles. The minimum absolute atomic E-state index is 0.169. The number of hydrazine groups is 2. The monoisotopic (exact) mass is 735 g/mol. The molecule has 2 fully saturated rings. The largest absolute Gasteiger partial charge is 0.394 e. The van der Waals surface area contributed by atoms with Crippen LogP contribution in [-0.2, 0) is 14.2 Å². The first-order valence-electron chi connectivity index (χ1n) is 20.5. The fourth-order valence-corrected chi connectivity index (χ4v) is 6.48. The maximum absolute atomic E-state index is 11.0. The predicted octanol–water partition coefficient (Wildman–Crippen LogP) is 4.94. The lowest BCUT2D eigenvalue weighted by atomic mass is 9.99. The fraction of sp³-hybridized carbons (Fsp3) is 0.974. The van der Waals surface area contributed by atoms with Gasteiger partial charge in [0.05, 0.1) is 32.5 Å². The van der Waals surface area contributed by atoms with E-state index in [1.165, 1.54) is 116 Å². The maximum Gasteiger partial charge on any atom is 0.345 e. The first kappa shape index (κ1) is 47.9. The molecular formula is C38H78N4O9. The highest BCUT2D eigenvalue weighted by molar-refractivity contribution is 5.72. The third-order valence-corrected chi connectivity index (χ3v) is 10.1. The lowest BCUT2D eigenvalue weighted by Gasteiger charge is -2.39. The number of nitrogens with two attached hydrogens (primary N) is 2. The molecule has 10 N–H and O–H groups in total. The van der Waals surface area contributed by atoms with Crippen LogP contribution in [0, 0.1) is 5.92 Å². The van der Waals surface area contributed by atoms with Crippen LogP contribution in [0.2, 0.25) is 0 Å². The molecule has 0 spiro atoms. The molecule has 13 nitrogen and oxygen atoms in total. The van der Waals surface area contributed by atoms with Crippen molar-refractivity contribution in [2.24, 2.45) is 17.6 Å². The molecule has 13 heteroatoms. The number of carbonyl (C=O) groups excluding carboxylic acids is 1. The van der Waals surface area contributed by atoms with Crippen molar-refractivity contribution in [3.63, 3.8) is 0 Å². The van der Waals surface area contributed by atoms with Gasteiger partial charge in [0, 0.05) is 12.5 Å². The quantitative estimate of drug-likeness (QED) is 0.0214. The summed E-state index contributed by atoms with van der Waals surface area (Å²) in [5.74, 6) is 11.3. The van der Waals surface area contributed by atoms with Gasteiger partial charge in [0.15, 0.2) is 6.29 Å². The van der Waals surface area contributed by atoms with Crippen molar-refractivity contribution in [3.05, 3.63) is 0 Å². The van der Waals surface area contributed by atoms with Crippen molar-refractivity contribution in [2.45, 2.75) is 198 Å². The van der Waals surface area contributed by atoms with Crippen LogP contribution in [0.4, 0.5) is 4.79 Å². The van der Waals surface area contributed by atoms with E-state index in [0.717, 1.165) is 56.2 Å². The third kappa shape index (κ3) is 24.0. The number of nitrogens with one attached hydrogen (secondary N) is 1. The predicted molar refractivity (Wildman–Crippen MR) is 200 cm³/mol. The normalized spacial score (nSPS) is 22.5. The summed E-state index contributed by atoms with van der Waals surface area (Å²) < 4.78 is 15.9. The van der Waals surface area contributed by atoms with Crippen molar-refractivity contribution in [3.8, 4) is 0 Å². The highest BCUT2D eigenvalue weighted by Gasteiger charge is 2.44. The van der Waals surface area contributed by atoms with E-state index in [-0.39, 0.29) is 6.61 Å². The second kappa shape index (κ2) is 32.3. The summed E-state index contributed by atoms with van der Waals surface area (Å²) in [6.07, 6.45) is 22.4. The van der Waals surface area contributed by atoms with E-state index in [1.54, 1.807) is 0 Å². The van der Waals surface area contributed by atoms with Crippen LogP contribution in [0.5, 0.6) is 0 Å². The number of aliphatic hydroxyl groups excluding tert-OH is 5. The van der Waals surface area contributed by atoms with Gasteiger partial charge in [-0.25, -0.2) is 16.5 Å². The summed E-state index contributed by atoms with van der Waals surface area (Å²) in [6, 6.07) is -0.429. The summed E-state index contributed by atoms with van der Waals surface area (Å²) in [7, 11) is 0. The molecule has 2 aliphatic heterocycles. The summed E-state index contributed by atoms with van der Waals surface area (Å²) >= 11 is 0. The van der Waals surface area contributed by atoms with Crippen molar-refractivity contribution in [2.75, 3.05) is 33.0 Å². The molecule has 0 radical (unpaired) electrons. The molecule has 2 amide bonds. The van der Waals surface area contributed by atoms with E-state index >= 15 is 0 Å². The van der Waals surface area contributed by atoms with Crippen LogP contribution in [0.1, 0.15) is 161 Å². The standard InChI is InChI=1S/C24H48O7.C14H30N4O2/c1-2-3-4-5-6-7-8-9-10-11-12-13-14-15-19(26)16-17-30-24-23(29)22(28)21(27)20(18-25)31-24;15-17-14(19)18(16)10-8-6-4-2-1-3-5-7-9-13-11-20-12-13/h19-29H,2-18H2,1H3;13H,1-12,15-16H2,(H,17,19). The molecule has 6 atom stereocenters. The number of ether oxygens (including phenoxy) is 3. The zero-order chi connectivity index (χ0) is 37.5. The number of rotatable bonds is 30. The molecule has 2 saturated heterocycles. The minimum Gasteiger partial charge on any atom is -0.394 e. The summed E-state index contributed by atoms with van der Waals surface area (Å²) in [5, 5.41) is 49.8. The SMILES string of the molecule is CCCCCCCCCCCCCCCC(O)CCOC1OC(CO)C(O)C(O)C1O.NNC(=O)N(N)CCCCCCCCCCC1COC1. The Morgan fingerprint density at radius 1 is 0.765 bits per heavy atom. The van der Waals surface area contributed by atoms with Gasteiger partial charge in [0.1, 0.15) is 24.4 Å². The second-order valence-electron chi connectivity index (χ2n) is 14.7. The number of hydrogen-bond donors (Lipinski definition) is 8. The molecule has 0 aliphatic carbocycles. The van der Waals surface area contributed by atoms with Gasteiger partial charge in [-0.2, -0.15) is 0 Å². The average Bonchev–Trinajstić information content (AvgIpc) is 3.11. The van der Waals surface area contributed by atoms with E-state index < -0.39 is 49.4 Å². The smallest absolute Gasteiger partial charge is 0.345 e. The van der Waals surface area contributed by atoms with Crippen molar-refractivity contribution < 1.29 is 44.5 Å². The lowest BCUT2D eigenvalue weighted by molar-refractivity contribution is -0.301. The van der Waals surface area contributed by atoms with E-state index in [0.29, 0.717) is 13.0 Å². The number of unbranched alkanes of at least 4 members (excludes halogenated alkanes) is 19.